The van der Waals surface area contributed by atoms with E-state index in [-0.39, 0.29) is 18.4 Å². The summed E-state index contributed by atoms with van der Waals surface area (Å²) >= 11 is 1.56. The number of thiophene rings is 1. The van der Waals surface area contributed by atoms with Gasteiger partial charge < -0.3 is 15.0 Å². The number of benzene rings is 1. The van der Waals surface area contributed by atoms with Gasteiger partial charge >= 0.3 is 0 Å². The van der Waals surface area contributed by atoms with E-state index in [9.17, 15) is 9.59 Å². The van der Waals surface area contributed by atoms with Crippen LogP contribution in [0.5, 0.6) is 5.75 Å². The monoisotopic (exact) mass is 328 g/mol. The van der Waals surface area contributed by atoms with Crippen molar-refractivity contribution in [3.05, 3.63) is 52.7 Å². The van der Waals surface area contributed by atoms with E-state index in [0.29, 0.717) is 11.4 Å². The average molecular weight is 328 g/mol. The Morgan fingerprint density at radius 1 is 1.30 bits per heavy atom. The predicted molar refractivity (Wildman–Crippen MR) is 90.6 cm³/mol. The summed E-state index contributed by atoms with van der Waals surface area (Å²) in [6.45, 7) is 0.185. The number of fused-ring (bicyclic) bond motifs is 1. The van der Waals surface area contributed by atoms with Gasteiger partial charge in [-0.05, 0) is 29.7 Å². The zero-order valence-electron chi connectivity index (χ0n) is 12.6. The number of carbonyl (C=O) groups excluding carboxylic acids is 2. The van der Waals surface area contributed by atoms with E-state index >= 15 is 0 Å². The van der Waals surface area contributed by atoms with Crippen molar-refractivity contribution in [2.24, 2.45) is 0 Å². The lowest BCUT2D eigenvalue weighted by Crippen LogP contribution is -2.49. The molecule has 0 unspecified atom stereocenters. The highest BCUT2D eigenvalue weighted by molar-refractivity contribution is 7.10. The number of hydrogen-bond acceptors (Lipinski definition) is 4. The van der Waals surface area contributed by atoms with Crippen LogP contribution in [0.1, 0.15) is 4.88 Å². The van der Waals surface area contributed by atoms with Crippen LogP contribution in [0.15, 0.2) is 47.9 Å². The lowest BCUT2D eigenvalue weighted by Gasteiger charge is -2.33. The van der Waals surface area contributed by atoms with Crippen molar-refractivity contribution in [2.45, 2.75) is 6.10 Å². The van der Waals surface area contributed by atoms with Crippen molar-refractivity contribution in [3.8, 4) is 5.75 Å². The van der Waals surface area contributed by atoms with Crippen molar-refractivity contribution in [1.82, 2.24) is 5.32 Å². The lowest BCUT2D eigenvalue weighted by molar-refractivity contribution is -0.127. The minimum absolute atomic E-state index is 0.178. The number of amides is 2. The summed E-state index contributed by atoms with van der Waals surface area (Å²) in [6, 6.07) is 11.1. The van der Waals surface area contributed by atoms with E-state index in [1.54, 1.807) is 35.4 Å². The van der Waals surface area contributed by atoms with E-state index in [2.05, 4.69) is 5.32 Å². The number of hydrogen-bond donors (Lipinski definition) is 1. The zero-order chi connectivity index (χ0) is 16.2. The highest BCUT2D eigenvalue weighted by Crippen LogP contribution is 2.33. The third-order valence-electron chi connectivity index (χ3n) is 3.51. The maximum absolute atomic E-state index is 12.6. The van der Waals surface area contributed by atoms with Gasteiger partial charge in [0.05, 0.1) is 12.2 Å². The third-order valence-corrected chi connectivity index (χ3v) is 4.35. The van der Waals surface area contributed by atoms with Crippen LogP contribution in [0.2, 0.25) is 0 Å². The summed E-state index contributed by atoms with van der Waals surface area (Å²) < 4.78 is 5.69. The smallest absolute Gasteiger partial charge is 0.262 e. The summed E-state index contributed by atoms with van der Waals surface area (Å²) in [4.78, 5) is 27.0. The Kier molecular flexibility index (Phi) is 4.43. The van der Waals surface area contributed by atoms with Crippen molar-refractivity contribution in [3.63, 3.8) is 0 Å². The number of para-hydroxylation sites is 2. The van der Waals surface area contributed by atoms with Crippen molar-refractivity contribution < 1.29 is 14.3 Å². The topological polar surface area (TPSA) is 58.6 Å². The molecule has 0 saturated carbocycles. The standard InChI is InChI=1S/C17H16N2O3S/c1-18-17(21)15-11-19(13-6-2-3-7-14(13)22-15)16(20)9-8-12-5-4-10-23-12/h2-10,15H,11H2,1H3,(H,18,21)/b9-8+/t15-/m1/s1. The summed E-state index contributed by atoms with van der Waals surface area (Å²) in [5.41, 5.74) is 0.675. The molecular weight excluding hydrogens is 312 g/mol. The molecule has 2 amide bonds. The number of nitrogens with zero attached hydrogens (tertiary/aromatic N) is 1. The minimum atomic E-state index is -0.714. The van der Waals surface area contributed by atoms with Gasteiger partial charge in [-0.1, -0.05) is 18.2 Å². The molecule has 0 spiro atoms. The molecule has 1 aliphatic rings. The first-order chi connectivity index (χ1) is 11.2. The molecule has 1 N–H and O–H groups in total. The molecular formula is C17H16N2O3S. The van der Waals surface area contributed by atoms with E-state index in [4.69, 9.17) is 4.74 Å². The zero-order valence-corrected chi connectivity index (χ0v) is 13.4. The Morgan fingerprint density at radius 2 is 2.13 bits per heavy atom. The molecule has 1 aromatic carbocycles. The van der Waals surface area contributed by atoms with Gasteiger partial charge in [-0.3, -0.25) is 9.59 Å². The van der Waals surface area contributed by atoms with Gasteiger partial charge in [-0.25, -0.2) is 0 Å². The van der Waals surface area contributed by atoms with Crippen LogP contribution in [0, 0.1) is 0 Å². The Bertz CT molecular complexity index is 740. The second kappa shape index (κ2) is 6.66. The van der Waals surface area contributed by atoms with Crippen LogP contribution in [-0.2, 0) is 9.59 Å². The number of carbonyl (C=O) groups is 2. The van der Waals surface area contributed by atoms with Crippen LogP contribution >= 0.6 is 11.3 Å². The number of nitrogens with one attached hydrogen (secondary N) is 1. The Hall–Kier alpha value is -2.60. The third kappa shape index (κ3) is 3.27. The maximum Gasteiger partial charge on any atom is 0.262 e. The van der Waals surface area contributed by atoms with Gasteiger partial charge in [-0.15, -0.1) is 11.3 Å². The first kappa shape index (κ1) is 15.3. The second-order valence-corrected chi connectivity index (χ2v) is 5.97. The molecule has 2 aromatic rings. The molecule has 0 fully saturated rings. The molecule has 118 valence electrons. The van der Waals surface area contributed by atoms with Gasteiger partial charge in [0.15, 0.2) is 6.10 Å². The normalized spacial score (nSPS) is 16.7. The van der Waals surface area contributed by atoms with Crippen molar-refractivity contribution in [2.75, 3.05) is 18.5 Å². The molecule has 3 rings (SSSR count). The minimum Gasteiger partial charge on any atom is -0.477 e. The van der Waals surface area contributed by atoms with E-state index in [1.165, 1.54) is 6.08 Å². The Morgan fingerprint density at radius 3 is 2.87 bits per heavy atom. The second-order valence-electron chi connectivity index (χ2n) is 4.99. The fourth-order valence-electron chi connectivity index (χ4n) is 2.37. The molecule has 1 aliphatic heterocycles. The molecule has 2 heterocycles. The molecule has 0 saturated heterocycles. The van der Waals surface area contributed by atoms with Crippen LogP contribution in [-0.4, -0.2) is 31.5 Å². The average Bonchev–Trinajstić information content (AvgIpc) is 3.11. The van der Waals surface area contributed by atoms with Crippen LogP contribution in [0.4, 0.5) is 5.69 Å². The lowest BCUT2D eigenvalue weighted by atomic mass is 10.1. The highest BCUT2D eigenvalue weighted by Gasteiger charge is 2.32. The Balaban J connectivity index is 1.87. The van der Waals surface area contributed by atoms with Gasteiger partial charge in [-0.2, -0.15) is 0 Å². The highest BCUT2D eigenvalue weighted by atomic mass is 32.1. The molecule has 1 atom stereocenters. The summed E-state index contributed by atoms with van der Waals surface area (Å²) in [7, 11) is 1.55. The quantitative estimate of drug-likeness (QED) is 0.880. The summed E-state index contributed by atoms with van der Waals surface area (Å²) in [5, 5.41) is 4.52. The van der Waals surface area contributed by atoms with Crippen LogP contribution < -0.4 is 15.0 Å². The van der Waals surface area contributed by atoms with Gasteiger partial charge in [0.2, 0.25) is 0 Å². The molecule has 23 heavy (non-hydrogen) atoms. The van der Waals surface area contributed by atoms with Gasteiger partial charge in [0, 0.05) is 18.0 Å². The SMILES string of the molecule is CNC(=O)[C@H]1CN(C(=O)/C=C/c2cccs2)c2ccccc2O1. The summed E-state index contributed by atoms with van der Waals surface area (Å²) in [5.74, 6) is 0.104. The van der Waals surface area contributed by atoms with Crippen molar-refractivity contribution >= 4 is 34.9 Å². The molecule has 0 aliphatic carbocycles. The molecule has 6 heteroatoms. The molecule has 1 aromatic heterocycles. The van der Waals surface area contributed by atoms with E-state index in [1.807, 2.05) is 35.7 Å². The van der Waals surface area contributed by atoms with Crippen LogP contribution in [0.25, 0.3) is 6.08 Å². The molecule has 5 nitrogen and oxygen atoms in total. The van der Waals surface area contributed by atoms with Crippen molar-refractivity contribution in [1.29, 1.82) is 0 Å². The first-order valence-electron chi connectivity index (χ1n) is 7.19. The van der Waals surface area contributed by atoms with Gasteiger partial charge in [0.1, 0.15) is 5.75 Å². The van der Waals surface area contributed by atoms with Crippen LogP contribution in [0.3, 0.4) is 0 Å². The predicted octanol–water partition coefficient (Wildman–Crippen LogP) is 2.30. The number of likely N-dealkylation sites (N-methyl/N-ethyl adjacent to an activating group) is 1. The Labute approximate surface area is 138 Å². The summed E-state index contributed by atoms with van der Waals surface area (Å²) in [6.07, 6.45) is 2.59. The number of anilines is 1. The largest absolute Gasteiger partial charge is 0.477 e. The fraction of sp³-hybridized carbons (Fsp3) is 0.176. The van der Waals surface area contributed by atoms with Gasteiger partial charge in [0.25, 0.3) is 11.8 Å². The van der Waals surface area contributed by atoms with E-state index in [0.717, 1.165) is 4.88 Å². The molecule has 0 bridgehead atoms. The fourth-order valence-corrected chi connectivity index (χ4v) is 2.99. The first-order valence-corrected chi connectivity index (χ1v) is 8.07. The molecule has 0 radical (unpaired) electrons. The van der Waals surface area contributed by atoms with E-state index < -0.39 is 6.10 Å². The number of rotatable bonds is 3. The maximum atomic E-state index is 12.6. The number of ether oxygens (including phenoxy) is 1.